The third kappa shape index (κ3) is 3.97. The van der Waals surface area contributed by atoms with E-state index in [9.17, 15) is 5.11 Å². The molecule has 1 aliphatic rings. The largest absolute Gasteiger partial charge is 0.506 e. The van der Waals surface area contributed by atoms with Gasteiger partial charge < -0.3 is 19.9 Å². The highest BCUT2D eigenvalue weighted by Crippen LogP contribution is 2.46. The van der Waals surface area contributed by atoms with Gasteiger partial charge in [0, 0.05) is 28.3 Å². The molecule has 0 unspecified atom stereocenters. The number of aromatic hydroxyl groups is 1. The van der Waals surface area contributed by atoms with Crippen molar-refractivity contribution in [1.29, 1.82) is 0 Å². The van der Waals surface area contributed by atoms with E-state index in [0.29, 0.717) is 15.8 Å². The van der Waals surface area contributed by atoms with Gasteiger partial charge in [-0.15, -0.1) is 0 Å². The molecule has 1 fully saturated rings. The van der Waals surface area contributed by atoms with Crippen molar-refractivity contribution in [2.24, 2.45) is 0 Å². The average molecular weight is 503 g/mol. The van der Waals surface area contributed by atoms with Crippen LogP contribution in [-0.4, -0.2) is 19.8 Å². The number of hydrogen-bond donors (Lipinski definition) is 2. The van der Waals surface area contributed by atoms with Gasteiger partial charge in [-0.3, -0.25) is 4.98 Å². The molecule has 0 amide bonds. The normalized spacial score (nSPS) is 17.6. The van der Waals surface area contributed by atoms with Crippen molar-refractivity contribution in [2.75, 3.05) is 4.90 Å². The van der Waals surface area contributed by atoms with Gasteiger partial charge in [0.15, 0.2) is 5.11 Å². The molecule has 0 saturated carbocycles. The number of halogens is 1. The van der Waals surface area contributed by atoms with Crippen molar-refractivity contribution < 1.29 is 5.11 Å². The third-order valence-electron chi connectivity index (χ3n) is 6.90. The van der Waals surface area contributed by atoms with E-state index < -0.39 is 0 Å². The number of pyridine rings is 1. The summed E-state index contributed by atoms with van der Waals surface area (Å²) in [6.07, 6.45) is 1.79. The van der Waals surface area contributed by atoms with Crippen LogP contribution in [-0.2, 0) is 0 Å². The van der Waals surface area contributed by atoms with E-state index in [4.69, 9.17) is 23.8 Å². The molecule has 7 heteroatoms. The first-order valence-corrected chi connectivity index (χ1v) is 12.3. The van der Waals surface area contributed by atoms with E-state index in [1.165, 1.54) is 11.1 Å². The smallest absolute Gasteiger partial charge is 0.174 e. The second-order valence-electron chi connectivity index (χ2n) is 9.01. The van der Waals surface area contributed by atoms with Crippen LogP contribution in [0.3, 0.4) is 0 Å². The Morgan fingerprint density at radius 2 is 1.77 bits per heavy atom. The number of rotatable bonds is 4. The summed E-state index contributed by atoms with van der Waals surface area (Å²) in [5.41, 5.74) is 8.43. The van der Waals surface area contributed by atoms with Gasteiger partial charge in [0.25, 0.3) is 0 Å². The fraction of sp³-hybridized carbons (Fsp3) is 0.214. The van der Waals surface area contributed by atoms with Crippen LogP contribution in [0.5, 0.6) is 5.75 Å². The van der Waals surface area contributed by atoms with Gasteiger partial charge in [-0.25, -0.2) is 0 Å². The van der Waals surface area contributed by atoms with Crippen molar-refractivity contribution >= 4 is 34.6 Å². The number of benzene rings is 2. The summed E-state index contributed by atoms with van der Waals surface area (Å²) >= 11 is 12.2. The predicted octanol–water partition coefficient (Wildman–Crippen LogP) is 6.64. The minimum absolute atomic E-state index is 0.119. The number of aromatic nitrogens is 2. The van der Waals surface area contributed by atoms with Crippen LogP contribution in [0.15, 0.2) is 66.9 Å². The molecular formula is C28H27ClN4OS. The topological polar surface area (TPSA) is 53.3 Å². The minimum atomic E-state index is -0.244. The summed E-state index contributed by atoms with van der Waals surface area (Å²) < 4.78 is 2.30. The molecular weight excluding hydrogens is 476 g/mol. The van der Waals surface area contributed by atoms with Crippen LogP contribution in [0, 0.1) is 27.7 Å². The lowest BCUT2D eigenvalue weighted by atomic mass is 9.96. The van der Waals surface area contributed by atoms with Crippen molar-refractivity contribution in [3.63, 3.8) is 0 Å². The van der Waals surface area contributed by atoms with Crippen LogP contribution >= 0.6 is 23.8 Å². The van der Waals surface area contributed by atoms with Crippen LogP contribution in [0.2, 0.25) is 5.02 Å². The molecule has 35 heavy (non-hydrogen) atoms. The maximum absolute atomic E-state index is 10.8. The van der Waals surface area contributed by atoms with E-state index in [-0.39, 0.29) is 17.8 Å². The zero-order chi connectivity index (χ0) is 24.9. The monoisotopic (exact) mass is 502 g/mol. The van der Waals surface area contributed by atoms with Crippen LogP contribution < -0.4 is 10.2 Å². The molecule has 3 heterocycles. The molecule has 0 radical (unpaired) electrons. The first kappa shape index (κ1) is 23.4. The van der Waals surface area contributed by atoms with Crippen molar-refractivity contribution in [2.45, 2.75) is 39.8 Å². The Morgan fingerprint density at radius 1 is 0.971 bits per heavy atom. The molecule has 4 aromatic rings. The molecule has 178 valence electrons. The van der Waals surface area contributed by atoms with E-state index in [0.717, 1.165) is 28.3 Å². The van der Waals surface area contributed by atoms with E-state index in [1.54, 1.807) is 24.4 Å². The molecule has 2 N–H and O–H groups in total. The Hall–Kier alpha value is -3.35. The van der Waals surface area contributed by atoms with Crippen LogP contribution in [0.4, 0.5) is 5.69 Å². The number of aryl methyl sites for hydroxylation is 2. The van der Waals surface area contributed by atoms with Gasteiger partial charge >= 0.3 is 0 Å². The Bertz CT molecular complexity index is 1430. The summed E-state index contributed by atoms with van der Waals surface area (Å²) in [5.74, 6) is 0.119. The van der Waals surface area contributed by atoms with Crippen LogP contribution in [0.1, 0.15) is 45.9 Å². The van der Waals surface area contributed by atoms with Crippen molar-refractivity contribution in [1.82, 2.24) is 14.9 Å². The molecule has 0 spiro atoms. The van der Waals surface area contributed by atoms with Gasteiger partial charge in [-0.05, 0) is 99.1 Å². The second kappa shape index (κ2) is 9.02. The molecule has 2 aromatic heterocycles. The standard InChI is InChI=1S/C28H27ClN4OS/c1-16-8-7-10-23(18(16)3)32-17(2)14-21(19(32)4)27-26(22-9-5-6-13-30-22)31-28(35)33(27)24-15-20(29)11-12-25(24)34/h5-15,26-27,34H,1-4H3,(H,31,35)/t26-,27+/m0/s1. The van der Waals surface area contributed by atoms with E-state index in [1.807, 2.05) is 23.1 Å². The van der Waals surface area contributed by atoms with E-state index in [2.05, 4.69) is 66.8 Å². The summed E-state index contributed by atoms with van der Waals surface area (Å²) in [4.78, 5) is 6.60. The van der Waals surface area contributed by atoms with Crippen molar-refractivity contribution in [3.8, 4) is 11.4 Å². The lowest BCUT2D eigenvalue weighted by molar-refractivity contribution is 0.472. The number of nitrogens with zero attached hydrogens (tertiary/aromatic N) is 3. The summed E-state index contributed by atoms with van der Waals surface area (Å²) in [6, 6.07) is 19.0. The Kier molecular flexibility index (Phi) is 6.03. The number of hydrogen-bond acceptors (Lipinski definition) is 3. The first-order chi connectivity index (χ1) is 16.8. The molecule has 1 saturated heterocycles. The van der Waals surface area contributed by atoms with Gasteiger partial charge in [0.2, 0.25) is 0 Å². The highest BCUT2D eigenvalue weighted by molar-refractivity contribution is 7.80. The fourth-order valence-corrected chi connectivity index (χ4v) is 5.56. The molecule has 0 aliphatic carbocycles. The second-order valence-corrected chi connectivity index (χ2v) is 9.83. The first-order valence-electron chi connectivity index (χ1n) is 11.5. The van der Waals surface area contributed by atoms with Gasteiger partial charge in [-0.2, -0.15) is 0 Å². The SMILES string of the molecule is Cc1cccc(-n2c(C)cc([C@@H]3[C@H](c4ccccn4)NC(=S)N3c3cc(Cl)ccc3O)c2C)c1C. The zero-order valence-electron chi connectivity index (χ0n) is 20.1. The maximum atomic E-state index is 10.8. The lowest BCUT2D eigenvalue weighted by Gasteiger charge is -2.29. The van der Waals surface area contributed by atoms with E-state index >= 15 is 0 Å². The van der Waals surface area contributed by atoms with Gasteiger partial charge in [0.05, 0.1) is 23.5 Å². The molecule has 5 rings (SSSR count). The molecule has 1 aliphatic heterocycles. The van der Waals surface area contributed by atoms with Gasteiger partial charge in [-0.1, -0.05) is 29.8 Å². The number of phenols is 1. The van der Waals surface area contributed by atoms with Crippen molar-refractivity contribution in [3.05, 3.63) is 106 Å². The lowest BCUT2D eigenvalue weighted by Crippen LogP contribution is -2.29. The van der Waals surface area contributed by atoms with Gasteiger partial charge in [0.1, 0.15) is 5.75 Å². The summed E-state index contributed by atoms with van der Waals surface area (Å²) in [5, 5.41) is 15.3. The summed E-state index contributed by atoms with van der Waals surface area (Å²) in [7, 11) is 0. The molecule has 0 bridgehead atoms. The highest BCUT2D eigenvalue weighted by Gasteiger charge is 2.43. The number of nitrogens with one attached hydrogen (secondary N) is 1. The Balaban J connectivity index is 1.73. The quantitative estimate of drug-likeness (QED) is 0.306. The van der Waals surface area contributed by atoms with Crippen LogP contribution in [0.25, 0.3) is 5.69 Å². The Labute approximate surface area is 216 Å². The maximum Gasteiger partial charge on any atom is 0.174 e. The summed E-state index contributed by atoms with van der Waals surface area (Å²) in [6.45, 7) is 8.55. The number of phenolic OH excluding ortho intramolecular Hbond substituents is 1. The third-order valence-corrected chi connectivity index (χ3v) is 7.45. The molecule has 5 nitrogen and oxygen atoms in total. The molecule has 2 atom stereocenters. The minimum Gasteiger partial charge on any atom is -0.506 e. The average Bonchev–Trinajstić information content (AvgIpc) is 3.33. The highest BCUT2D eigenvalue weighted by atomic mass is 35.5. The number of thiocarbonyl (C=S) groups is 1. The Morgan fingerprint density at radius 3 is 2.51 bits per heavy atom. The number of anilines is 1. The fourth-order valence-electron chi connectivity index (χ4n) is 5.06. The molecule has 2 aromatic carbocycles. The predicted molar refractivity (Wildman–Crippen MR) is 146 cm³/mol. The zero-order valence-corrected chi connectivity index (χ0v) is 21.7.